The van der Waals surface area contributed by atoms with Gasteiger partial charge in [0.2, 0.25) is 0 Å². The van der Waals surface area contributed by atoms with Crippen molar-refractivity contribution in [2.24, 2.45) is 0 Å². The molecule has 0 aliphatic rings. The molecular weight excluding hydrogens is 198 g/mol. The van der Waals surface area contributed by atoms with Crippen molar-refractivity contribution in [2.75, 3.05) is 13.6 Å². The van der Waals surface area contributed by atoms with Crippen LogP contribution in [0.2, 0.25) is 0 Å². The smallest absolute Gasteiger partial charge is 0.0936 e. The van der Waals surface area contributed by atoms with E-state index in [4.69, 9.17) is 0 Å². The number of fused-ring (bicyclic) bond motifs is 1. The van der Waals surface area contributed by atoms with Crippen LogP contribution in [0.4, 0.5) is 0 Å². The van der Waals surface area contributed by atoms with Crippen molar-refractivity contribution >= 4 is 10.9 Å². The quantitative estimate of drug-likeness (QED) is 0.590. The van der Waals surface area contributed by atoms with Gasteiger partial charge in [0, 0.05) is 29.6 Å². The zero-order valence-electron chi connectivity index (χ0n) is 9.59. The van der Waals surface area contributed by atoms with Gasteiger partial charge >= 0.3 is 0 Å². The summed E-state index contributed by atoms with van der Waals surface area (Å²) >= 11 is 0. The second kappa shape index (κ2) is 4.82. The minimum atomic E-state index is 0.869. The Hall–Kier alpha value is -1.79. The molecule has 0 unspecified atom stereocenters. The Kier molecular flexibility index (Phi) is 3.23. The van der Waals surface area contributed by atoms with Crippen LogP contribution in [0.5, 0.6) is 0 Å². The molecule has 1 aromatic carbocycles. The second-order valence-electron chi connectivity index (χ2n) is 3.74. The van der Waals surface area contributed by atoms with Gasteiger partial charge in [-0.2, -0.15) is 5.10 Å². The predicted molar refractivity (Wildman–Crippen MR) is 66.3 cm³/mol. The maximum absolute atomic E-state index is 4.22. The third-order valence-corrected chi connectivity index (χ3v) is 2.48. The number of rotatable bonds is 2. The van der Waals surface area contributed by atoms with E-state index >= 15 is 0 Å². The van der Waals surface area contributed by atoms with E-state index in [1.165, 1.54) is 5.39 Å². The van der Waals surface area contributed by atoms with Gasteiger partial charge in [0.25, 0.3) is 0 Å². The molecule has 0 aliphatic carbocycles. The minimum absolute atomic E-state index is 0.869. The molecule has 2 rings (SSSR count). The highest BCUT2D eigenvalue weighted by Crippen LogP contribution is 2.15. The summed E-state index contributed by atoms with van der Waals surface area (Å²) in [4.78, 5) is 0. The maximum atomic E-state index is 4.22. The highest BCUT2D eigenvalue weighted by molar-refractivity contribution is 5.82. The Balaban J connectivity index is 2.21. The van der Waals surface area contributed by atoms with Crippen LogP contribution in [0, 0.1) is 18.8 Å². The van der Waals surface area contributed by atoms with E-state index in [2.05, 4.69) is 33.4 Å². The number of aromatic nitrogens is 2. The van der Waals surface area contributed by atoms with E-state index in [-0.39, 0.29) is 0 Å². The van der Waals surface area contributed by atoms with E-state index in [0.717, 1.165) is 29.7 Å². The summed E-state index contributed by atoms with van der Waals surface area (Å²) in [6.07, 6.45) is 0.869. The average Bonchev–Trinajstić information content (AvgIpc) is 2.66. The number of H-pyrrole nitrogens is 1. The van der Waals surface area contributed by atoms with E-state index < -0.39 is 0 Å². The van der Waals surface area contributed by atoms with Crippen LogP contribution in [-0.4, -0.2) is 23.8 Å². The largest absolute Gasteiger partial charge is 0.319 e. The zero-order chi connectivity index (χ0) is 11.4. The Morgan fingerprint density at radius 1 is 1.44 bits per heavy atom. The van der Waals surface area contributed by atoms with Gasteiger partial charge in [-0.05, 0) is 32.2 Å². The van der Waals surface area contributed by atoms with Crippen molar-refractivity contribution in [2.45, 2.75) is 13.3 Å². The summed E-state index contributed by atoms with van der Waals surface area (Å²) in [5, 5.41) is 11.4. The number of hydrogen-bond acceptors (Lipinski definition) is 2. The molecular formula is C13H15N3. The van der Waals surface area contributed by atoms with Crippen molar-refractivity contribution in [3.05, 3.63) is 29.5 Å². The monoisotopic (exact) mass is 213 g/mol. The molecule has 3 heteroatoms. The SMILES string of the molecule is CNCCC#Cc1ccc2c(C)[nH]nc2c1. The Morgan fingerprint density at radius 3 is 3.12 bits per heavy atom. The lowest BCUT2D eigenvalue weighted by atomic mass is 10.1. The highest BCUT2D eigenvalue weighted by atomic mass is 15.1. The third-order valence-electron chi connectivity index (χ3n) is 2.48. The molecule has 1 aromatic heterocycles. The van der Waals surface area contributed by atoms with E-state index in [1.807, 2.05) is 26.1 Å². The van der Waals surface area contributed by atoms with Gasteiger partial charge in [-0.15, -0.1) is 0 Å². The van der Waals surface area contributed by atoms with Crippen molar-refractivity contribution < 1.29 is 0 Å². The summed E-state index contributed by atoms with van der Waals surface area (Å²) in [6, 6.07) is 6.12. The van der Waals surface area contributed by atoms with Crippen LogP contribution >= 0.6 is 0 Å². The van der Waals surface area contributed by atoms with E-state index in [1.54, 1.807) is 0 Å². The lowest BCUT2D eigenvalue weighted by Gasteiger charge is -1.92. The summed E-state index contributed by atoms with van der Waals surface area (Å²) in [5.41, 5.74) is 3.11. The fraction of sp³-hybridized carbons (Fsp3) is 0.308. The lowest BCUT2D eigenvalue weighted by molar-refractivity contribution is 0.818. The van der Waals surface area contributed by atoms with Crippen LogP contribution in [-0.2, 0) is 0 Å². The Morgan fingerprint density at radius 2 is 2.31 bits per heavy atom. The molecule has 3 nitrogen and oxygen atoms in total. The van der Waals surface area contributed by atoms with Crippen LogP contribution in [0.25, 0.3) is 10.9 Å². The number of hydrogen-bond donors (Lipinski definition) is 2. The van der Waals surface area contributed by atoms with Gasteiger partial charge < -0.3 is 5.32 Å². The second-order valence-corrected chi connectivity index (χ2v) is 3.74. The predicted octanol–water partition coefficient (Wildman–Crippen LogP) is 1.83. The zero-order valence-corrected chi connectivity index (χ0v) is 9.59. The highest BCUT2D eigenvalue weighted by Gasteiger charge is 2.00. The molecule has 0 saturated carbocycles. The van der Waals surface area contributed by atoms with E-state index in [0.29, 0.717) is 0 Å². The standard InChI is InChI=1S/C13H15N3/c1-10-12-7-6-11(5-3-4-8-14-2)9-13(12)16-15-10/h6-7,9,14H,4,8H2,1-2H3,(H,15,16). The first kappa shape index (κ1) is 10.7. The molecule has 0 bridgehead atoms. The fourth-order valence-corrected chi connectivity index (χ4v) is 1.58. The average molecular weight is 213 g/mol. The van der Waals surface area contributed by atoms with Crippen molar-refractivity contribution in [3.8, 4) is 11.8 Å². The van der Waals surface area contributed by atoms with Crippen LogP contribution in [0.3, 0.4) is 0 Å². The fourth-order valence-electron chi connectivity index (χ4n) is 1.58. The van der Waals surface area contributed by atoms with Gasteiger partial charge in [-0.1, -0.05) is 11.8 Å². The van der Waals surface area contributed by atoms with Crippen LogP contribution in [0.15, 0.2) is 18.2 Å². The molecule has 0 saturated heterocycles. The van der Waals surface area contributed by atoms with Gasteiger partial charge in [-0.3, -0.25) is 5.10 Å². The van der Waals surface area contributed by atoms with E-state index in [9.17, 15) is 0 Å². The Labute approximate surface area is 95.2 Å². The Bertz CT molecular complexity index is 543. The summed E-state index contributed by atoms with van der Waals surface area (Å²) in [7, 11) is 1.93. The topological polar surface area (TPSA) is 40.7 Å². The molecule has 0 aliphatic heterocycles. The molecule has 2 N–H and O–H groups in total. The molecule has 0 fully saturated rings. The summed E-state index contributed by atoms with van der Waals surface area (Å²) < 4.78 is 0. The normalized spacial score (nSPS) is 10.1. The molecule has 1 heterocycles. The van der Waals surface area contributed by atoms with Gasteiger partial charge in [-0.25, -0.2) is 0 Å². The van der Waals surface area contributed by atoms with Crippen molar-refractivity contribution in [3.63, 3.8) is 0 Å². The molecule has 0 atom stereocenters. The van der Waals surface area contributed by atoms with Crippen LogP contribution < -0.4 is 5.32 Å². The number of nitrogens with zero attached hydrogens (tertiary/aromatic N) is 1. The number of aromatic amines is 1. The maximum Gasteiger partial charge on any atom is 0.0936 e. The van der Waals surface area contributed by atoms with Crippen molar-refractivity contribution in [1.82, 2.24) is 15.5 Å². The molecule has 2 aromatic rings. The van der Waals surface area contributed by atoms with Gasteiger partial charge in [0.15, 0.2) is 0 Å². The molecule has 0 spiro atoms. The first-order valence-electron chi connectivity index (χ1n) is 5.39. The summed E-state index contributed by atoms with van der Waals surface area (Å²) in [5.74, 6) is 6.26. The van der Waals surface area contributed by atoms with Crippen molar-refractivity contribution in [1.29, 1.82) is 0 Å². The number of aryl methyl sites for hydroxylation is 1. The number of benzene rings is 1. The molecule has 16 heavy (non-hydrogen) atoms. The molecule has 82 valence electrons. The minimum Gasteiger partial charge on any atom is -0.319 e. The number of nitrogens with one attached hydrogen (secondary N) is 2. The lowest BCUT2D eigenvalue weighted by Crippen LogP contribution is -2.05. The first-order chi connectivity index (χ1) is 7.81. The first-order valence-corrected chi connectivity index (χ1v) is 5.39. The van der Waals surface area contributed by atoms with Crippen LogP contribution in [0.1, 0.15) is 17.7 Å². The van der Waals surface area contributed by atoms with Gasteiger partial charge in [0.1, 0.15) is 0 Å². The summed E-state index contributed by atoms with van der Waals surface area (Å²) in [6.45, 7) is 2.95. The molecule has 0 radical (unpaired) electrons. The van der Waals surface area contributed by atoms with Gasteiger partial charge in [0.05, 0.1) is 5.52 Å². The molecule has 0 amide bonds. The third kappa shape index (κ3) is 2.23.